The van der Waals surface area contributed by atoms with Crippen LogP contribution in [0.1, 0.15) is 11.1 Å². The summed E-state index contributed by atoms with van der Waals surface area (Å²) in [6.45, 7) is 0. The summed E-state index contributed by atoms with van der Waals surface area (Å²) in [7, 11) is 3.08. The van der Waals surface area contributed by atoms with Crippen LogP contribution in [0.4, 0.5) is 0 Å². The molecule has 0 spiro atoms. The van der Waals surface area contributed by atoms with E-state index < -0.39 is 0 Å². The van der Waals surface area contributed by atoms with Crippen LogP contribution >= 0.6 is 11.6 Å². The zero-order valence-corrected chi connectivity index (χ0v) is 13.4. The molecule has 0 aromatic heterocycles. The van der Waals surface area contributed by atoms with Gasteiger partial charge in [-0.3, -0.25) is 0 Å². The zero-order valence-electron chi connectivity index (χ0n) is 12.6. The minimum absolute atomic E-state index is 0.0149. The molecule has 0 bridgehead atoms. The lowest BCUT2D eigenvalue weighted by molar-refractivity contribution is 0.402. The van der Waals surface area contributed by atoms with Crippen molar-refractivity contribution in [2.45, 2.75) is 0 Å². The number of nitriles is 2. The van der Waals surface area contributed by atoms with E-state index in [1.807, 2.05) is 12.1 Å². The van der Waals surface area contributed by atoms with Gasteiger partial charge in [0, 0.05) is 16.2 Å². The highest BCUT2D eigenvalue weighted by atomic mass is 35.5. The second-order valence-electron chi connectivity index (χ2n) is 4.55. The molecule has 4 nitrogen and oxygen atoms in total. The van der Waals surface area contributed by atoms with Gasteiger partial charge in [0.15, 0.2) is 0 Å². The second-order valence-corrected chi connectivity index (χ2v) is 4.98. The number of hydrogen-bond acceptors (Lipinski definition) is 4. The molecule has 0 unspecified atom stereocenters. The molecule has 2 aromatic carbocycles. The number of benzene rings is 2. The molecule has 23 heavy (non-hydrogen) atoms. The molecule has 0 amide bonds. The van der Waals surface area contributed by atoms with Crippen molar-refractivity contribution in [1.82, 2.24) is 0 Å². The van der Waals surface area contributed by atoms with E-state index in [4.69, 9.17) is 21.1 Å². The summed E-state index contributed by atoms with van der Waals surface area (Å²) in [5.41, 5.74) is 1.76. The molecule has 0 atom stereocenters. The molecule has 5 heteroatoms. The Morgan fingerprint density at radius 1 is 0.957 bits per heavy atom. The monoisotopic (exact) mass is 324 g/mol. The van der Waals surface area contributed by atoms with Gasteiger partial charge in [-0.05, 0) is 35.9 Å². The summed E-state index contributed by atoms with van der Waals surface area (Å²) in [4.78, 5) is 0. The van der Waals surface area contributed by atoms with Crippen LogP contribution in [0.2, 0.25) is 5.02 Å². The van der Waals surface area contributed by atoms with E-state index in [0.29, 0.717) is 33.2 Å². The van der Waals surface area contributed by atoms with Gasteiger partial charge >= 0.3 is 0 Å². The Morgan fingerprint density at radius 2 is 1.61 bits per heavy atom. The minimum Gasteiger partial charge on any atom is -0.497 e. The van der Waals surface area contributed by atoms with Gasteiger partial charge in [0.1, 0.15) is 29.2 Å². The van der Waals surface area contributed by atoms with Gasteiger partial charge in [-0.1, -0.05) is 23.7 Å². The first-order valence-corrected chi connectivity index (χ1v) is 7.05. The lowest BCUT2D eigenvalue weighted by Crippen LogP contribution is -1.97. The van der Waals surface area contributed by atoms with Crippen LogP contribution in [0.3, 0.4) is 0 Å². The van der Waals surface area contributed by atoms with Crippen LogP contribution in [-0.2, 0) is 0 Å². The van der Waals surface area contributed by atoms with Gasteiger partial charge in [-0.15, -0.1) is 0 Å². The number of nitrogens with zero attached hydrogens (tertiary/aromatic N) is 2. The van der Waals surface area contributed by atoms with Gasteiger partial charge in [0.25, 0.3) is 0 Å². The van der Waals surface area contributed by atoms with E-state index in [1.54, 1.807) is 49.6 Å². The maximum Gasteiger partial charge on any atom is 0.138 e. The molecular weight excluding hydrogens is 312 g/mol. The Balaban J connectivity index is 2.80. The summed E-state index contributed by atoms with van der Waals surface area (Å²) in [5, 5.41) is 19.2. The van der Waals surface area contributed by atoms with Gasteiger partial charge in [0.2, 0.25) is 0 Å². The van der Waals surface area contributed by atoms with Crippen molar-refractivity contribution in [3.05, 3.63) is 64.2 Å². The highest BCUT2D eigenvalue weighted by molar-refractivity contribution is 6.30. The first-order valence-electron chi connectivity index (χ1n) is 6.67. The molecular formula is C18H13ClN2O2. The third-order valence-corrected chi connectivity index (χ3v) is 3.53. The van der Waals surface area contributed by atoms with Gasteiger partial charge < -0.3 is 9.47 Å². The number of halogens is 1. The molecule has 0 fully saturated rings. The molecule has 114 valence electrons. The fourth-order valence-electron chi connectivity index (χ4n) is 2.20. The first kappa shape index (κ1) is 16.4. The molecule has 2 rings (SSSR count). The van der Waals surface area contributed by atoms with Crippen molar-refractivity contribution in [1.29, 1.82) is 10.5 Å². The van der Waals surface area contributed by atoms with Gasteiger partial charge in [-0.25, -0.2) is 0 Å². The Bertz CT molecular complexity index is 812. The fourth-order valence-corrected chi connectivity index (χ4v) is 2.32. The predicted molar refractivity (Wildman–Crippen MR) is 88.2 cm³/mol. The van der Waals surface area contributed by atoms with Crippen LogP contribution in [-0.4, -0.2) is 14.2 Å². The molecule has 0 aliphatic heterocycles. The molecule has 0 aliphatic carbocycles. The summed E-state index contributed by atoms with van der Waals surface area (Å²) < 4.78 is 10.6. The van der Waals surface area contributed by atoms with Crippen molar-refractivity contribution in [2.75, 3.05) is 14.2 Å². The average molecular weight is 325 g/mol. The third-order valence-electron chi connectivity index (χ3n) is 3.28. The Kier molecular flexibility index (Phi) is 5.25. The van der Waals surface area contributed by atoms with Gasteiger partial charge in [0.05, 0.1) is 14.2 Å². The van der Waals surface area contributed by atoms with E-state index in [-0.39, 0.29) is 5.57 Å². The maximum atomic E-state index is 9.34. The van der Waals surface area contributed by atoms with Crippen molar-refractivity contribution in [2.24, 2.45) is 0 Å². The van der Waals surface area contributed by atoms with Crippen LogP contribution in [0.25, 0.3) is 5.57 Å². The summed E-state index contributed by atoms with van der Waals surface area (Å²) in [5.74, 6) is 1.14. The van der Waals surface area contributed by atoms with Crippen LogP contribution in [0.15, 0.2) is 48.0 Å². The summed E-state index contributed by atoms with van der Waals surface area (Å²) in [6.07, 6.45) is 0. The topological polar surface area (TPSA) is 66.0 Å². The zero-order chi connectivity index (χ0) is 16.8. The lowest BCUT2D eigenvalue weighted by Gasteiger charge is -2.14. The maximum absolute atomic E-state index is 9.34. The van der Waals surface area contributed by atoms with Crippen LogP contribution in [0, 0.1) is 22.7 Å². The smallest absolute Gasteiger partial charge is 0.138 e. The third kappa shape index (κ3) is 3.45. The quantitative estimate of drug-likeness (QED) is 0.790. The highest BCUT2D eigenvalue weighted by Gasteiger charge is 2.17. The predicted octanol–water partition coefficient (Wildman–Crippen LogP) is 4.21. The number of rotatable bonds is 4. The summed E-state index contributed by atoms with van der Waals surface area (Å²) >= 11 is 5.93. The van der Waals surface area contributed by atoms with E-state index in [1.165, 1.54) is 7.11 Å². The van der Waals surface area contributed by atoms with Crippen molar-refractivity contribution >= 4 is 17.2 Å². The molecule has 0 N–H and O–H groups in total. The molecule has 2 aromatic rings. The number of ether oxygens (including phenoxy) is 2. The number of methoxy groups -OCH3 is 2. The van der Waals surface area contributed by atoms with Crippen LogP contribution < -0.4 is 9.47 Å². The minimum atomic E-state index is -0.0149. The average Bonchev–Trinajstić information content (AvgIpc) is 2.60. The largest absolute Gasteiger partial charge is 0.497 e. The van der Waals surface area contributed by atoms with Gasteiger partial charge in [-0.2, -0.15) is 10.5 Å². The van der Waals surface area contributed by atoms with Crippen LogP contribution in [0.5, 0.6) is 11.5 Å². The standard InChI is InChI=1S/C18H13ClN2O2/c1-22-15-7-8-17(23-2)16(9-15)18(13(10-20)11-21)12-3-5-14(19)6-4-12/h3-9H,1-2H3. The SMILES string of the molecule is COc1ccc(OC)c(C(=C(C#N)C#N)c2ccc(Cl)cc2)c1. The highest BCUT2D eigenvalue weighted by Crippen LogP contribution is 2.36. The lowest BCUT2D eigenvalue weighted by atomic mass is 9.93. The molecule has 0 radical (unpaired) electrons. The molecule has 0 heterocycles. The van der Waals surface area contributed by atoms with E-state index >= 15 is 0 Å². The van der Waals surface area contributed by atoms with Crippen molar-refractivity contribution in [3.63, 3.8) is 0 Å². The molecule has 0 saturated carbocycles. The second kappa shape index (κ2) is 7.35. The Labute approximate surface area is 139 Å². The number of allylic oxidation sites excluding steroid dienone is 1. The molecule has 0 aliphatic rings. The Hall–Kier alpha value is -2.95. The summed E-state index contributed by atoms with van der Waals surface area (Å²) in [6, 6.07) is 16.0. The molecule has 0 saturated heterocycles. The van der Waals surface area contributed by atoms with E-state index in [9.17, 15) is 10.5 Å². The fraction of sp³-hybridized carbons (Fsp3) is 0.111. The van der Waals surface area contributed by atoms with Crippen molar-refractivity contribution in [3.8, 4) is 23.6 Å². The first-order chi connectivity index (χ1) is 11.1. The Morgan fingerprint density at radius 3 is 2.13 bits per heavy atom. The van der Waals surface area contributed by atoms with Crippen molar-refractivity contribution < 1.29 is 9.47 Å². The van der Waals surface area contributed by atoms with E-state index in [0.717, 1.165) is 0 Å². The normalized spacial score (nSPS) is 9.43. The number of hydrogen-bond donors (Lipinski definition) is 0. The van der Waals surface area contributed by atoms with E-state index in [2.05, 4.69) is 0 Å².